The van der Waals surface area contributed by atoms with Gasteiger partial charge in [0.1, 0.15) is 5.60 Å². The van der Waals surface area contributed by atoms with Gasteiger partial charge in [0.05, 0.1) is 30.7 Å². The van der Waals surface area contributed by atoms with E-state index in [4.69, 9.17) is 4.74 Å². The fourth-order valence-electron chi connectivity index (χ4n) is 2.50. The summed E-state index contributed by atoms with van der Waals surface area (Å²) in [4.78, 5) is 11.0. The number of aliphatic hydroxyl groups is 3. The third-order valence-corrected chi connectivity index (χ3v) is 3.38. The maximum absolute atomic E-state index is 11.0. The van der Waals surface area contributed by atoms with Crippen LogP contribution in [0.15, 0.2) is 0 Å². The van der Waals surface area contributed by atoms with Crippen LogP contribution in [0.4, 0.5) is 0 Å². The molecule has 1 saturated heterocycles. The van der Waals surface area contributed by atoms with E-state index in [1.807, 2.05) is 0 Å². The van der Waals surface area contributed by atoms with Gasteiger partial charge in [0.25, 0.3) is 0 Å². The number of aliphatic hydroxyl groups excluding tert-OH is 1. The summed E-state index contributed by atoms with van der Waals surface area (Å²) < 4.78 is 4.77. The van der Waals surface area contributed by atoms with Gasteiger partial charge in [-0.3, -0.25) is 4.79 Å². The third-order valence-electron chi connectivity index (χ3n) is 3.38. The van der Waals surface area contributed by atoms with Crippen LogP contribution in [0.5, 0.6) is 0 Å². The van der Waals surface area contributed by atoms with Gasteiger partial charge in [-0.05, 0) is 6.92 Å². The minimum atomic E-state index is -1.52. The molecule has 2 fully saturated rings. The van der Waals surface area contributed by atoms with Crippen LogP contribution in [0, 0.1) is 5.92 Å². The average Bonchev–Trinajstić information content (AvgIpc) is 2.17. The number of cyclic esters (lactones) is 1. The van der Waals surface area contributed by atoms with E-state index >= 15 is 0 Å². The average molecular weight is 202 g/mol. The van der Waals surface area contributed by atoms with Gasteiger partial charge in [-0.25, -0.2) is 0 Å². The van der Waals surface area contributed by atoms with Crippen molar-refractivity contribution in [2.45, 2.75) is 37.1 Å². The smallest absolute Gasteiger partial charge is 0.308 e. The van der Waals surface area contributed by atoms with Crippen LogP contribution in [0.3, 0.4) is 0 Å². The van der Waals surface area contributed by atoms with Gasteiger partial charge < -0.3 is 20.1 Å². The standard InChI is InChI=1S/C9H14O5/c1-8(12)2-6(10)9(13)3-7(11)14-4-5(8)9/h5-6,10,12-13H,2-4H2,1H3. The van der Waals surface area contributed by atoms with Gasteiger partial charge in [0, 0.05) is 6.42 Å². The van der Waals surface area contributed by atoms with Gasteiger partial charge in [0.15, 0.2) is 0 Å². The monoisotopic (exact) mass is 202 g/mol. The Balaban J connectivity index is 2.33. The summed E-state index contributed by atoms with van der Waals surface area (Å²) in [7, 11) is 0. The number of carbonyl (C=O) groups is 1. The quantitative estimate of drug-likeness (QED) is 0.429. The van der Waals surface area contributed by atoms with Crippen molar-refractivity contribution in [2.75, 3.05) is 6.61 Å². The molecule has 2 rings (SSSR count). The first kappa shape index (κ1) is 9.89. The number of hydrogen-bond acceptors (Lipinski definition) is 5. The van der Waals surface area contributed by atoms with Gasteiger partial charge in [-0.1, -0.05) is 0 Å². The van der Waals surface area contributed by atoms with E-state index in [1.54, 1.807) is 0 Å². The van der Waals surface area contributed by atoms with Crippen molar-refractivity contribution in [2.24, 2.45) is 5.92 Å². The number of ether oxygens (including phenoxy) is 1. The number of esters is 1. The van der Waals surface area contributed by atoms with Gasteiger partial charge >= 0.3 is 5.97 Å². The molecule has 5 heteroatoms. The lowest BCUT2D eigenvalue weighted by Crippen LogP contribution is -2.53. The summed E-state index contributed by atoms with van der Waals surface area (Å²) in [5.41, 5.74) is -2.69. The lowest BCUT2D eigenvalue weighted by Gasteiger charge is -2.38. The maximum atomic E-state index is 11.0. The first-order valence-corrected chi connectivity index (χ1v) is 4.65. The summed E-state index contributed by atoms with van der Waals surface area (Å²) in [5.74, 6) is -1.12. The first-order valence-electron chi connectivity index (χ1n) is 4.65. The summed E-state index contributed by atoms with van der Waals surface area (Å²) in [6.07, 6.45) is -1.23. The first-order chi connectivity index (χ1) is 6.36. The molecule has 1 aliphatic carbocycles. The fourth-order valence-corrected chi connectivity index (χ4v) is 2.50. The molecule has 0 aromatic rings. The maximum Gasteiger partial charge on any atom is 0.308 e. The molecule has 2 aliphatic rings. The Morgan fingerprint density at radius 2 is 2.14 bits per heavy atom. The van der Waals surface area contributed by atoms with Crippen molar-refractivity contribution >= 4 is 5.97 Å². The molecule has 0 amide bonds. The van der Waals surface area contributed by atoms with E-state index in [0.29, 0.717) is 0 Å². The summed E-state index contributed by atoms with van der Waals surface area (Å²) >= 11 is 0. The SMILES string of the molecule is CC1(O)CC(O)C2(O)CC(=O)OCC12. The second-order valence-electron chi connectivity index (χ2n) is 4.48. The minimum Gasteiger partial charge on any atom is -0.465 e. The van der Waals surface area contributed by atoms with E-state index in [1.165, 1.54) is 6.92 Å². The summed E-state index contributed by atoms with van der Waals surface area (Å²) in [6, 6.07) is 0. The van der Waals surface area contributed by atoms with Crippen molar-refractivity contribution in [1.29, 1.82) is 0 Å². The molecule has 1 aliphatic heterocycles. The molecule has 0 spiro atoms. The lowest BCUT2D eigenvalue weighted by molar-refractivity contribution is -0.186. The molecule has 0 bridgehead atoms. The molecular formula is C9H14O5. The Kier molecular flexibility index (Phi) is 1.90. The summed E-state index contributed by atoms with van der Waals surface area (Å²) in [6.45, 7) is 1.51. The second kappa shape index (κ2) is 2.68. The van der Waals surface area contributed by atoms with Crippen LogP contribution in [0.1, 0.15) is 19.8 Å². The van der Waals surface area contributed by atoms with Crippen LogP contribution < -0.4 is 0 Å². The Morgan fingerprint density at radius 1 is 1.50 bits per heavy atom. The molecule has 1 saturated carbocycles. The van der Waals surface area contributed by atoms with E-state index in [-0.39, 0.29) is 19.4 Å². The van der Waals surface area contributed by atoms with Crippen LogP contribution in [0.2, 0.25) is 0 Å². The largest absolute Gasteiger partial charge is 0.465 e. The second-order valence-corrected chi connectivity index (χ2v) is 4.48. The van der Waals surface area contributed by atoms with Crippen LogP contribution in [-0.2, 0) is 9.53 Å². The number of fused-ring (bicyclic) bond motifs is 1. The molecule has 0 radical (unpaired) electrons. The molecule has 1 heterocycles. The highest BCUT2D eigenvalue weighted by atomic mass is 16.5. The Bertz CT molecular complexity index is 274. The number of hydrogen-bond donors (Lipinski definition) is 3. The van der Waals surface area contributed by atoms with E-state index in [2.05, 4.69) is 0 Å². The topological polar surface area (TPSA) is 87.0 Å². The molecule has 5 nitrogen and oxygen atoms in total. The summed E-state index contributed by atoms with van der Waals surface area (Å²) in [5, 5.41) is 29.6. The molecule has 80 valence electrons. The highest BCUT2D eigenvalue weighted by molar-refractivity contribution is 5.72. The zero-order valence-electron chi connectivity index (χ0n) is 7.93. The van der Waals surface area contributed by atoms with Gasteiger partial charge in [0.2, 0.25) is 0 Å². The molecule has 0 aromatic heterocycles. The Labute approximate surface area is 81.3 Å². The van der Waals surface area contributed by atoms with E-state index < -0.39 is 29.2 Å². The third kappa shape index (κ3) is 1.16. The van der Waals surface area contributed by atoms with Crippen molar-refractivity contribution in [3.05, 3.63) is 0 Å². The van der Waals surface area contributed by atoms with Crippen molar-refractivity contribution < 1.29 is 24.9 Å². The molecule has 14 heavy (non-hydrogen) atoms. The number of carbonyl (C=O) groups excluding carboxylic acids is 1. The number of rotatable bonds is 0. The fraction of sp³-hybridized carbons (Fsp3) is 0.889. The van der Waals surface area contributed by atoms with Crippen molar-refractivity contribution in [1.82, 2.24) is 0 Å². The molecule has 4 unspecified atom stereocenters. The molecule has 4 atom stereocenters. The highest BCUT2D eigenvalue weighted by Gasteiger charge is 2.62. The zero-order valence-corrected chi connectivity index (χ0v) is 7.93. The van der Waals surface area contributed by atoms with Gasteiger partial charge in [-0.2, -0.15) is 0 Å². The minimum absolute atomic E-state index is 0.0284. The lowest BCUT2D eigenvalue weighted by atomic mass is 9.80. The molecular weight excluding hydrogens is 188 g/mol. The van der Waals surface area contributed by atoms with E-state index in [9.17, 15) is 20.1 Å². The predicted octanol–water partition coefficient (Wildman–Crippen LogP) is -1.20. The van der Waals surface area contributed by atoms with Crippen molar-refractivity contribution in [3.63, 3.8) is 0 Å². The normalized spacial score (nSPS) is 52.7. The van der Waals surface area contributed by atoms with Gasteiger partial charge in [-0.15, -0.1) is 0 Å². The molecule has 0 aromatic carbocycles. The highest BCUT2D eigenvalue weighted by Crippen LogP contribution is 2.47. The van der Waals surface area contributed by atoms with Crippen LogP contribution in [0.25, 0.3) is 0 Å². The van der Waals surface area contributed by atoms with Crippen LogP contribution >= 0.6 is 0 Å². The van der Waals surface area contributed by atoms with Crippen molar-refractivity contribution in [3.8, 4) is 0 Å². The van der Waals surface area contributed by atoms with E-state index in [0.717, 1.165) is 0 Å². The zero-order chi connectivity index (χ0) is 10.6. The Hall–Kier alpha value is -0.650. The Morgan fingerprint density at radius 3 is 2.79 bits per heavy atom. The predicted molar refractivity (Wildman–Crippen MR) is 45.3 cm³/mol. The van der Waals surface area contributed by atoms with Crippen LogP contribution in [-0.4, -0.2) is 45.2 Å². The molecule has 3 N–H and O–H groups in total.